The first-order valence-electron chi connectivity index (χ1n) is 10.3. The van der Waals surface area contributed by atoms with E-state index in [0.29, 0.717) is 39.7 Å². The lowest BCUT2D eigenvalue weighted by atomic mass is 10.1. The number of halogens is 1. The van der Waals surface area contributed by atoms with Crippen LogP contribution in [0.3, 0.4) is 0 Å². The SMILES string of the molecule is CCOc1ccc(C2=C(SCc3ccccc3)C(=O)N(Cc3ccc(F)cc3)C2=O)cc1. The molecular formula is C26H22FNO3S. The normalized spacial score (nSPS) is 13.8. The van der Waals surface area contributed by atoms with Gasteiger partial charge in [-0.25, -0.2) is 4.39 Å². The average Bonchev–Trinajstić information content (AvgIpc) is 3.05. The largest absolute Gasteiger partial charge is 0.494 e. The second kappa shape index (κ2) is 9.83. The van der Waals surface area contributed by atoms with E-state index in [1.54, 1.807) is 36.4 Å². The van der Waals surface area contributed by atoms with E-state index in [2.05, 4.69) is 0 Å². The van der Waals surface area contributed by atoms with Crippen LogP contribution in [0.25, 0.3) is 5.57 Å². The zero-order valence-corrected chi connectivity index (χ0v) is 18.4. The molecule has 0 radical (unpaired) electrons. The van der Waals surface area contributed by atoms with Gasteiger partial charge in [0.1, 0.15) is 11.6 Å². The van der Waals surface area contributed by atoms with Gasteiger partial charge in [0.25, 0.3) is 11.8 Å². The monoisotopic (exact) mass is 447 g/mol. The number of hydrogen-bond acceptors (Lipinski definition) is 4. The van der Waals surface area contributed by atoms with Crippen molar-refractivity contribution >= 4 is 29.1 Å². The predicted molar refractivity (Wildman–Crippen MR) is 124 cm³/mol. The van der Waals surface area contributed by atoms with Crippen LogP contribution in [0.5, 0.6) is 5.75 Å². The van der Waals surface area contributed by atoms with Crippen molar-refractivity contribution in [1.82, 2.24) is 4.90 Å². The summed E-state index contributed by atoms with van der Waals surface area (Å²) in [5.74, 6) is 0.235. The maximum absolute atomic E-state index is 13.3. The third-order valence-corrected chi connectivity index (χ3v) is 6.20. The molecule has 0 aromatic heterocycles. The highest BCUT2D eigenvalue weighted by molar-refractivity contribution is 8.03. The summed E-state index contributed by atoms with van der Waals surface area (Å²) < 4.78 is 18.8. The van der Waals surface area contributed by atoms with Crippen LogP contribution in [0, 0.1) is 5.82 Å². The highest BCUT2D eigenvalue weighted by Gasteiger charge is 2.39. The van der Waals surface area contributed by atoms with E-state index < -0.39 is 0 Å². The van der Waals surface area contributed by atoms with Gasteiger partial charge in [0.05, 0.1) is 23.6 Å². The molecule has 0 fully saturated rings. The molecule has 1 aliphatic rings. The maximum atomic E-state index is 13.3. The first-order chi connectivity index (χ1) is 15.6. The molecule has 0 N–H and O–H groups in total. The molecule has 1 aliphatic heterocycles. The zero-order chi connectivity index (χ0) is 22.5. The Bertz CT molecular complexity index is 1140. The first kappa shape index (κ1) is 21.8. The third kappa shape index (κ3) is 4.75. The summed E-state index contributed by atoms with van der Waals surface area (Å²) in [6, 6.07) is 22.8. The highest BCUT2D eigenvalue weighted by atomic mass is 32.2. The van der Waals surface area contributed by atoms with Gasteiger partial charge in [0.15, 0.2) is 0 Å². The average molecular weight is 448 g/mol. The number of carbonyl (C=O) groups is 2. The molecule has 0 atom stereocenters. The number of nitrogens with zero attached hydrogens (tertiary/aromatic N) is 1. The van der Waals surface area contributed by atoms with Crippen LogP contribution < -0.4 is 4.74 Å². The van der Waals surface area contributed by atoms with Crippen LogP contribution in [0.2, 0.25) is 0 Å². The van der Waals surface area contributed by atoms with Crippen LogP contribution in [0.15, 0.2) is 83.8 Å². The minimum Gasteiger partial charge on any atom is -0.494 e. The minimum atomic E-state index is -0.361. The van der Waals surface area contributed by atoms with Crippen molar-refractivity contribution in [2.45, 2.75) is 19.2 Å². The highest BCUT2D eigenvalue weighted by Crippen LogP contribution is 2.38. The molecule has 0 unspecified atom stereocenters. The molecule has 4 nitrogen and oxygen atoms in total. The number of benzene rings is 3. The van der Waals surface area contributed by atoms with Crippen LogP contribution in [-0.4, -0.2) is 23.3 Å². The van der Waals surface area contributed by atoms with Crippen LogP contribution in [-0.2, 0) is 21.9 Å². The molecule has 3 aromatic carbocycles. The van der Waals surface area contributed by atoms with Gasteiger partial charge in [0, 0.05) is 5.75 Å². The predicted octanol–water partition coefficient (Wildman–Crippen LogP) is 5.44. The molecule has 3 aromatic rings. The lowest BCUT2D eigenvalue weighted by molar-refractivity contribution is -0.137. The van der Waals surface area contributed by atoms with Crippen LogP contribution in [0.1, 0.15) is 23.6 Å². The standard InChI is InChI=1S/C26H22FNO3S/c1-2-31-22-14-10-20(11-15-22)23-24(32-17-19-6-4-3-5-7-19)26(30)28(25(23)29)16-18-8-12-21(27)13-9-18/h3-15H,2,16-17H2,1H3. The molecule has 162 valence electrons. The summed E-state index contributed by atoms with van der Waals surface area (Å²) in [5.41, 5.74) is 2.81. The van der Waals surface area contributed by atoms with Crippen LogP contribution in [0.4, 0.5) is 4.39 Å². The van der Waals surface area contributed by atoms with Gasteiger partial charge in [-0.15, -0.1) is 11.8 Å². The molecule has 0 saturated heterocycles. The third-order valence-electron chi connectivity index (χ3n) is 5.06. The second-order valence-corrected chi connectivity index (χ2v) is 8.24. The van der Waals surface area contributed by atoms with Gasteiger partial charge >= 0.3 is 0 Å². The summed E-state index contributed by atoms with van der Waals surface area (Å²) >= 11 is 1.36. The van der Waals surface area contributed by atoms with E-state index in [1.165, 1.54) is 28.8 Å². The van der Waals surface area contributed by atoms with Gasteiger partial charge in [0.2, 0.25) is 0 Å². The van der Waals surface area contributed by atoms with Crippen molar-refractivity contribution in [3.63, 3.8) is 0 Å². The Morgan fingerprint density at radius 3 is 2.19 bits per heavy atom. The number of imide groups is 1. The number of rotatable bonds is 8. The van der Waals surface area contributed by atoms with Crippen molar-refractivity contribution in [3.05, 3.63) is 106 Å². The van der Waals surface area contributed by atoms with Crippen molar-refractivity contribution in [1.29, 1.82) is 0 Å². The Labute approximate surface area is 190 Å². The summed E-state index contributed by atoms with van der Waals surface area (Å²) in [5, 5.41) is 0. The quantitative estimate of drug-likeness (QED) is 0.432. The second-order valence-electron chi connectivity index (χ2n) is 7.26. The molecule has 6 heteroatoms. The fourth-order valence-corrected chi connectivity index (χ4v) is 4.56. The zero-order valence-electron chi connectivity index (χ0n) is 17.6. The smallest absolute Gasteiger partial charge is 0.268 e. The summed E-state index contributed by atoms with van der Waals surface area (Å²) in [4.78, 5) is 28.3. The Morgan fingerprint density at radius 1 is 0.844 bits per heavy atom. The summed E-state index contributed by atoms with van der Waals surface area (Å²) in [6.07, 6.45) is 0. The van der Waals surface area contributed by atoms with Crippen molar-refractivity contribution in [2.24, 2.45) is 0 Å². The Balaban J connectivity index is 1.65. The lowest BCUT2D eigenvalue weighted by Crippen LogP contribution is -2.30. The van der Waals surface area contributed by atoms with Crippen molar-refractivity contribution in [2.75, 3.05) is 6.61 Å². The van der Waals surface area contributed by atoms with Crippen molar-refractivity contribution in [3.8, 4) is 5.75 Å². The molecule has 0 aliphatic carbocycles. The molecule has 0 bridgehead atoms. The van der Waals surface area contributed by atoms with Gasteiger partial charge < -0.3 is 4.74 Å². The summed E-state index contributed by atoms with van der Waals surface area (Å²) in [6.45, 7) is 2.54. The number of thioether (sulfide) groups is 1. The van der Waals surface area contributed by atoms with E-state index in [4.69, 9.17) is 4.74 Å². The van der Waals surface area contributed by atoms with E-state index in [9.17, 15) is 14.0 Å². The van der Waals surface area contributed by atoms with E-state index in [0.717, 1.165) is 5.56 Å². The van der Waals surface area contributed by atoms with Gasteiger partial charge in [-0.1, -0.05) is 54.6 Å². The molecule has 0 saturated carbocycles. The van der Waals surface area contributed by atoms with Gasteiger partial charge in [-0.2, -0.15) is 0 Å². The first-order valence-corrected chi connectivity index (χ1v) is 11.3. The summed E-state index contributed by atoms with van der Waals surface area (Å²) in [7, 11) is 0. The molecule has 4 rings (SSSR count). The lowest BCUT2D eigenvalue weighted by Gasteiger charge is -2.15. The van der Waals surface area contributed by atoms with Crippen LogP contribution >= 0.6 is 11.8 Å². The van der Waals surface area contributed by atoms with E-state index in [-0.39, 0.29) is 24.2 Å². The minimum absolute atomic E-state index is 0.0911. The number of amides is 2. The molecule has 1 heterocycles. The fraction of sp³-hybridized carbons (Fsp3) is 0.154. The topological polar surface area (TPSA) is 46.6 Å². The Hall–Kier alpha value is -3.38. The molecule has 2 amide bonds. The van der Waals surface area contributed by atoms with E-state index >= 15 is 0 Å². The molecule has 32 heavy (non-hydrogen) atoms. The maximum Gasteiger partial charge on any atom is 0.268 e. The Kier molecular flexibility index (Phi) is 6.71. The molecule has 0 spiro atoms. The van der Waals surface area contributed by atoms with Gasteiger partial charge in [-0.05, 0) is 47.9 Å². The van der Waals surface area contributed by atoms with Gasteiger partial charge in [-0.3, -0.25) is 14.5 Å². The molecular weight excluding hydrogens is 425 g/mol. The number of carbonyl (C=O) groups excluding carboxylic acids is 2. The Morgan fingerprint density at radius 2 is 1.53 bits per heavy atom. The number of hydrogen-bond donors (Lipinski definition) is 0. The van der Waals surface area contributed by atoms with Crippen molar-refractivity contribution < 1.29 is 18.7 Å². The number of ether oxygens (including phenoxy) is 1. The van der Waals surface area contributed by atoms with E-state index in [1.807, 2.05) is 37.3 Å². The fourth-order valence-electron chi connectivity index (χ4n) is 3.47.